The molecule has 3 aromatic rings. The monoisotopic (exact) mass is 476 g/mol. The molecule has 1 aliphatic rings. The summed E-state index contributed by atoms with van der Waals surface area (Å²) in [7, 11) is 0. The number of ether oxygens (including phenoxy) is 1. The predicted octanol–water partition coefficient (Wildman–Crippen LogP) is 5.83. The fraction of sp³-hybridized carbons (Fsp3) is 0.308. The van der Waals surface area contributed by atoms with E-state index in [0.717, 1.165) is 5.69 Å². The number of hydrogen-bond donors (Lipinski definition) is 1. The van der Waals surface area contributed by atoms with Crippen LogP contribution in [0.2, 0.25) is 0 Å². The van der Waals surface area contributed by atoms with Gasteiger partial charge in [-0.05, 0) is 49.1 Å². The molecular weight excluding hydrogens is 448 g/mol. The first-order chi connectivity index (χ1) is 16.6. The summed E-state index contributed by atoms with van der Waals surface area (Å²) in [6, 6.07) is 13.0. The van der Waals surface area contributed by atoms with Crippen molar-refractivity contribution in [3.8, 4) is 5.75 Å². The lowest BCUT2D eigenvalue weighted by Crippen LogP contribution is -2.22. The molecule has 0 saturated heterocycles. The van der Waals surface area contributed by atoms with E-state index in [1.165, 1.54) is 56.4 Å². The molecule has 4 rings (SSSR count). The van der Waals surface area contributed by atoms with Gasteiger partial charge in [-0.25, -0.2) is 9.97 Å². The van der Waals surface area contributed by atoms with Gasteiger partial charge in [-0.1, -0.05) is 37.5 Å². The highest BCUT2D eigenvalue weighted by atomic mass is 32.1. The molecule has 0 atom stereocenters. The second kappa shape index (κ2) is 11.6. The van der Waals surface area contributed by atoms with Crippen molar-refractivity contribution in [2.75, 3.05) is 16.8 Å². The zero-order chi connectivity index (χ0) is 23.8. The van der Waals surface area contributed by atoms with E-state index < -0.39 is 0 Å². The van der Waals surface area contributed by atoms with Gasteiger partial charge in [0, 0.05) is 24.6 Å². The first kappa shape index (κ1) is 23.6. The Bertz CT molecular complexity index is 1140. The van der Waals surface area contributed by atoms with Gasteiger partial charge in [0.05, 0.1) is 18.0 Å². The van der Waals surface area contributed by atoms with E-state index in [2.05, 4.69) is 15.3 Å². The minimum Gasteiger partial charge on any atom is -0.489 e. The van der Waals surface area contributed by atoms with Crippen LogP contribution in [0.15, 0.2) is 60.1 Å². The minimum absolute atomic E-state index is 0.135. The Hall–Kier alpha value is -3.52. The number of amides is 2. The molecule has 0 spiro atoms. The number of aromatic nitrogens is 2. The van der Waals surface area contributed by atoms with Gasteiger partial charge in [0.2, 0.25) is 11.8 Å². The molecule has 2 amide bonds. The molecule has 2 aromatic heterocycles. The maximum absolute atomic E-state index is 12.5. The van der Waals surface area contributed by atoms with Crippen LogP contribution in [0.1, 0.15) is 44.7 Å². The molecule has 1 fully saturated rings. The summed E-state index contributed by atoms with van der Waals surface area (Å²) >= 11 is 1.34. The van der Waals surface area contributed by atoms with Crippen molar-refractivity contribution in [1.29, 1.82) is 0 Å². The molecule has 2 heterocycles. The second-order valence-electron chi connectivity index (χ2n) is 8.23. The lowest BCUT2D eigenvalue weighted by atomic mass is 9.90. The van der Waals surface area contributed by atoms with E-state index in [4.69, 9.17) is 4.74 Å². The van der Waals surface area contributed by atoms with Crippen molar-refractivity contribution in [3.63, 3.8) is 0 Å². The van der Waals surface area contributed by atoms with Gasteiger partial charge in [-0.3, -0.25) is 14.5 Å². The third-order valence-electron chi connectivity index (χ3n) is 5.65. The summed E-state index contributed by atoms with van der Waals surface area (Å²) < 4.78 is 5.98. The lowest BCUT2D eigenvalue weighted by Gasteiger charge is -2.22. The number of rotatable bonds is 8. The number of hydrogen-bond acceptors (Lipinski definition) is 6. The highest BCUT2D eigenvalue weighted by Crippen LogP contribution is 2.29. The fourth-order valence-corrected chi connectivity index (χ4v) is 4.80. The van der Waals surface area contributed by atoms with Crippen molar-refractivity contribution in [3.05, 3.63) is 65.8 Å². The van der Waals surface area contributed by atoms with Crippen LogP contribution < -0.4 is 15.0 Å². The Morgan fingerprint density at radius 2 is 1.94 bits per heavy atom. The largest absolute Gasteiger partial charge is 0.489 e. The molecular formula is C26H28N4O3S. The molecule has 1 saturated carbocycles. The summed E-state index contributed by atoms with van der Waals surface area (Å²) in [6.45, 7) is 2.14. The number of benzene rings is 1. The van der Waals surface area contributed by atoms with Crippen LogP contribution in [0.5, 0.6) is 5.75 Å². The van der Waals surface area contributed by atoms with Gasteiger partial charge in [0.25, 0.3) is 0 Å². The third kappa shape index (κ3) is 6.29. The Morgan fingerprint density at radius 3 is 2.71 bits per heavy atom. The van der Waals surface area contributed by atoms with Crippen molar-refractivity contribution < 1.29 is 14.3 Å². The summed E-state index contributed by atoms with van der Waals surface area (Å²) in [5.41, 5.74) is 1.33. The number of anilines is 3. The molecule has 0 unspecified atom stereocenters. The van der Waals surface area contributed by atoms with Crippen LogP contribution in [0.3, 0.4) is 0 Å². The molecule has 0 radical (unpaired) electrons. The van der Waals surface area contributed by atoms with Crippen molar-refractivity contribution in [2.24, 2.45) is 5.92 Å². The Balaban J connectivity index is 1.38. The highest BCUT2D eigenvalue weighted by Gasteiger charge is 2.18. The van der Waals surface area contributed by atoms with Crippen LogP contribution >= 0.6 is 11.3 Å². The number of para-hydroxylation sites is 1. The number of carbonyl (C=O) groups excluding carboxylic acids is 2. The Labute approximate surface area is 203 Å². The Kier molecular flexibility index (Phi) is 8.04. The molecule has 34 heavy (non-hydrogen) atoms. The zero-order valence-electron chi connectivity index (χ0n) is 19.1. The summed E-state index contributed by atoms with van der Waals surface area (Å²) in [5, 5.41) is 5.14. The quantitative estimate of drug-likeness (QED) is 0.413. The SMILES string of the molecule is CC(=O)N(c1ccccc1)c1nc(/C=C/C(=O)Nc2ncccc2OCC2CCCCC2)cs1. The van der Waals surface area contributed by atoms with E-state index >= 15 is 0 Å². The molecule has 1 aromatic carbocycles. The lowest BCUT2D eigenvalue weighted by molar-refractivity contribution is -0.116. The van der Waals surface area contributed by atoms with E-state index in [-0.39, 0.29) is 11.8 Å². The summed E-state index contributed by atoms with van der Waals surface area (Å²) in [6.07, 6.45) is 10.8. The summed E-state index contributed by atoms with van der Waals surface area (Å²) in [4.78, 5) is 35.1. The maximum Gasteiger partial charge on any atom is 0.249 e. The van der Waals surface area contributed by atoms with Gasteiger partial charge >= 0.3 is 0 Å². The molecule has 1 N–H and O–H groups in total. The number of nitrogens with one attached hydrogen (secondary N) is 1. The van der Waals surface area contributed by atoms with E-state index in [1.54, 1.807) is 28.6 Å². The number of carbonyl (C=O) groups is 2. The molecule has 8 heteroatoms. The van der Waals surface area contributed by atoms with Crippen molar-refractivity contribution >= 4 is 45.9 Å². The van der Waals surface area contributed by atoms with Crippen LogP contribution in [0, 0.1) is 5.92 Å². The van der Waals surface area contributed by atoms with E-state index in [1.807, 2.05) is 36.4 Å². The van der Waals surface area contributed by atoms with Gasteiger partial charge in [0.1, 0.15) is 0 Å². The summed E-state index contributed by atoms with van der Waals surface area (Å²) in [5.74, 6) is 1.07. The minimum atomic E-state index is -0.331. The molecule has 0 aliphatic heterocycles. The highest BCUT2D eigenvalue weighted by molar-refractivity contribution is 7.14. The molecule has 7 nitrogen and oxygen atoms in total. The van der Waals surface area contributed by atoms with Crippen molar-refractivity contribution in [1.82, 2.24) is 9.97 Å². The second-order valence-corrected chi connectivity index (χ2v) is 9.07. The third-order valence-corrected chi connectivity index (χ3v) is 6.49. The standard InChI is InChI=1S/C26H28N4O3S/c1-19(31)30(22-11-6-3-7-12-22)26-28-21(18-34-26)14-15-24(32)29-25-23(13-8-16-27-25)33-17-20-9-4-2-5-10-20/h3,6-8,11-16,18,20H,2,4-5,9-10,17H2,1H3,(H,27,29,32)/b15-14+. The molecule has 0 bridgehead atoms. The zero-order valence-corrected chi connectivity index (χ0v) is 20.0. The molecule has 1 aliphatic carbocycles. The predicted molar refractivity (Wildman–Crippen MR) is 135 cm³/mol. The first-order valence-corrected chi connectivity index (χ1v) is 12.4. The topological polar surface area (TPSA) is 84.4 Å². The Morgan fingerprint density at radius 1 is 1.15 bits per heavy atom. The van der Waals surface area contributed by atoms with Gasteiger partial charge in [-0.15, -0.1) is 11.3 Å². The average Bonchev–Trinajstić information content (AvgIpc) is 3.32. The van der Waals surface area contributed by atoms with Crippen LogP contribution in [-0.4, -0.2) is 28.4 Å². The number of thiazole rings is 1. The average molecular weight is 477 g/mol. The number of pyridine rings is 1. The van der Waals surface area contributed by atoms with Gasteiger partial charge in [-0.2, -0.15) is 0 Å². The normalized spacial score (nSPS) is 14.1. The van der Waals surface area contributed by atoms with Crippen LogP contribution in [0.4, 0.5) is 16.6 Å². The maximum atomic E-state index is 12.5. The van der Waals surface area contributed by atoms with Crippen LogP contribution in [-0.2, 0) is 9.59 Å². The van der Waals surface area contributed by atoms with E-state index in [0.29, 0.717) is 34.9 Å². The first-order valence-electron chi connectivity index (χ1n) is 11.5. The van der Waals surface area contributed by atoms with Gasteiger partial charge in [0.15, 0.2) is 16.7 Å². The fourth-order valence-electron chi connectivity index (χ4n) is 3.94. The number of nitrogens with zero attached hydrogens (tertiary/aromatic N) is 3. The van der Waals surface area contributed by atoms with Crippen molar-refractivity contribution in [2.45, 2.75) is 39.0 Å². The van der Waals surface area contributed by atoms with E-state index in [9.17, 15) is 9.59 Å². The van der Waals surface area contributed by atoms with Crippen LogP contribution in [0.25, 0.3) is 6.08 Å². The van der Waals surface area contributed by atoms with Gasteiger partial charge < -0.3 is 10.1 Å². The molecule has 176 valence electrons. The smallest absolute Gasteiger partial charge is 0.249 e.